The van der Waals surface area contributed by atoms with E-state index in [1.165, 1.54) is 0 Å². The number of rotatable bonds is 5. The van der Waals surface area contributed by atoms with Crippen LogP contribution in [0, 0.1) is 0 Å². The lowest BCUT2D eigenvalue weighted by Gasteiger charge is -2.31. The van der Waals surface area contributed by atoms with Crippen molar-refractivity contribution in [3.8, 4) is 5.75 Å². The third-order valence-corrected chi connectivity index (χ3v) is 3.90. The molecular formula is C15H21ClN2O2. The summed E-state index contributed by atoms with van der Waals surface area (Å²) in [6.45, 7) is 2.38. The van der Waals surface area contributed by atoms with Gasteiger partial charge < -0.3 is 15.0 Å². The molecule has 110 valence electrons. The van der Waals surface area contributed by atoms with Crippen LogP contribution < -0.4 is 10.1 Å². The molecule has 0 aliphatic carbocycles. The van der Waals surface area contributed by atoms with E-state index in [1.54, 1.807) is 12.1 Å². The molecule has 20 heavy (non-hydrogen) atoms. The van der Waals surface area contributed by atoms with Gasteiger partial charge in [0.15, 0.2) is 0 Å². The van der Waals surface area contributed by atoms with Gasteiger partial charge in [0.2, 0.25) is 5.91 Å². The van der Waals surface area contributed by atoms with Gasteiger partial charge in [-0.2, -0.15) is 0 Å². The number of carbonyl (C=O) groups excluding carboxylic acids is 1. The van der Waals surface area contributed by atoms with Crippen molar-refractivity contribution >= 4 is 17.5 Å². The summed E-state index contributed by atoms with van der Waals surface area (Å²) in [6.07, 6.45) is 2.46. The van der Waals surface area contributed by atoms with Crippen LogP contribution in [0.3, 0.4) is 0 Å². The maximum atomic E-state index is 12.1. The summed E-state index contributed by atoms with van der Waals surface area (Å²) in [7, 11) is 1.89. The number of benzene rings is 1. The Kier molecular flexibility index (Phi) is 5.68. The molecule has 1 aromatic carbocycles. The molecule has 2 rings (SSSR count). The predicted molar refractivity (Wildman–Crippen MR) is 80.2 cm³/mol. The first-order valence-electron chi connectivity index (χ1n) is 7.01. The van der Waals surface area contributed by atoms with E-state index < -0.39 is 0 Å². The molecule has 0 radical (unpaired) electrons. The van der Waals surface area contributed by atoms with Gasteiger partial charge in [0, 0.05) is 18.1 Å². The van der Waals surface area contributed by atoms with Crippen molar-refractivity contribution in [3.05, 3.63) is 29.3 Å². The fourth-order valence-electron chi connectivity index (χ4n) is 2.36. The third-order valence-electron chi connectivity index (χ3n) is 3.65. The zero-order chi connectivity index (χ0) is 14.4. The number of nitrogens with zero attached hydrogens (tertiary/aromatic N) is 1. The molecule has 1 amide bonds. The molecule has 1 aliphatic heterocycles. The van der Waals surface area contributed by atoms with Crippen LogP contribution in [0.2, 0.25) is 5.02 Å². The van der Waals surface area contributed by atoms with Crippen molar-refractivity contribution in [2.24, 2.45) is 0 Å². The van der Waals surface area contributed by atoms with Gasteiger partial charge in [-0.3, -0.25) is 4.79 Å². The van der Waals surface area contributed by atoms with Gasteiger partial charge in [-0.1, -0.05) is 11.6 Å². The minimum absolute atomic E-state index is 0.144. The lowest BCUT2D eigenvalue weighted by atomic mass is 10.1. The van der Waals surface area contributed by atoms with Gasteiger partial charge in [0.1, 0.15) is 5.75 Å². The lowest BCUT2D eigenvalue weighted by molar-refractivity contribution is -0.132. The van der Waals surface area contributed by atoms with Gasteiger partial charge >= 0.3 is 0 Å². The molecule has 0 unspecified atom stereocenters. The number of ether oxygens (including phenoxy) is 1. The molecule has 1 heterocycles. The SMILES string of the molecule is CN(C(=O)CCOc1ccc(Cl)cc1)C1CCNCC1. The summed E-state index contributed by atoms with van der Waals surface area (Å²) >= 11 is 5.80. The minimum Gasteiger partial charge on any atom is -0.493 e. The Bertz CT molecular complexity index is 430. The summed E-state index contributed by atoms with van der Waals surface area (Å²) < 4.78 is 5.55. The maximum absolute atomic E-state index is 12.1. The summed E-state index contributed by atoms with van der Waals surface area (Å²) in [5.41, 5.74) is 0. The highest BCUT2D eigenvalue weighted by atomic mass is 35.5. The van der Waals surface area contributed by atoms with Crippen LogP contribution in [0.4, 0.5) is 0 Å². The molecule has 0 aromatic heterocycles. The lowest BCUT2D eigenvalue weighted by Crippen LogP contribution is -2.44. The summed E-state index contributed by atoms with van der Waals surface area (Å²) in [5, 5.41) is 3.98. The van der Waals surface area contributed by atoms with Crippen molar-refractivity contribution < 1.29 is 9.53 Å². The van der Waals surface area contributed by atoms with Crippen LogP contribution >= 0.6 is 11.6 Å². The standard InChI is InChI=1S/C15H21ClN2O2/c1-18(13-6-9-17-10-7-13)15(19)8-11-20-14-4-2-12(16)3-5-14/h2-5,13,17H,6-11H2,1H3. The summed E-state index contributed by atoms with van der Waals surface area (Å²) in [5.74, 6) is 0.887. The zero-order valence-electron chi connectivity index (χ0n) is 11.8. The van der Waals surface area contributed by atoms with E-state index in [4.69, 9.17) is 16.3 Å². The van der Waals surface area contributed by atoms with Crippen molar-refractivity contribution in [3.63, 3.8) is 0 Å². The number of piperidine rings is 1. The van der Waals surface area contributed by atoms with E-state index in [1.807, 2.05) is 24.1 Å². The van der Waals surface area contributed by atoms with Crippen LogP contribution in [-0.2, 0) is 4.79 Å². The number of nitrogens with one attached hydrogen (secondary N) is 1. The van der Waals surface area contributed by atoms with Crippen molar-refractivity contribution in [2.45, 2.75) is 25.3 Å². The van der Waals surface area contributed by atoms with Crippen LogP contribution in [0.1, 0.15) is 19.3 Å². The highest BCUT2D eigenvalue weighted by Crippen LogP contribution is 2.16. The normalized spacial score (nSPS) is 15.9. The molecule has 1 fully saturated rings. The highest BCUT2D eigenvalue weighted by Gasteiger charge is 2.21. The third kappa shape index (κ3) is 4.39. The Morgan fingerprint density at radius 1 is 1.35 bits per heavy atom. The Morgan fingerprint density at radius 2 is 2.00 bits per heavy atom. The van der Waals surface area contributed by atoms with Crippen LogP contribution in [-0.4, -0.2) is 43.6 Å². The number of amides is 1. The molecule has 0 spiro atoms. The Morgan fingerprint density at radius 3 is 2.65 bits per heavy atom. The summed E-state index contributed by atoms with van der Waals surface area (Å²) in [4.78, 5) is 14.0. The zero-order valence-corrected chi connectivity index (χ0v) is 12.5. The number of carbonyl (C=O) groups is 1. The Labute approximate surface area is 125 Å². The average molecular weight is 297 g/mol. The fourth-order valence-corrected chi connectivity index (χ4v) is 2.49. The number of halogens is 1. The van der Waals surface area contributed by atoms with E-state index in [-0.39, 0.29) is 5.91 Å². The van der Waals surface area contributed by atoms with E-state index in [2.05, 4.69) is 5.32 Å². The average Bonchev–Trinajstić information content (AvgIpc) is 2.49. The Hall–Kier alpha value is -1.26. The molecule has 1 saturated heterocycles. The Balaban J connectivity index is 1.72. The van der Waals surface area contributed by atoms with Crippen LogP contribution in [0.5, 0.6) is 5.75 Å². The molecular weight excluding hydrogens is 276 g/mol. The van der Waals surface area contributed by atoms with Gasteiger partial charge in [0.05, 0.1) is 13.0 Å². The predicted octanol–water partition coefficient (Wildman–Crippen LogP) is 2.32. The number of hydrogen-bond acceptors (Lipinski definition) is 3. The van der Waals surface area contributed by atoms with Crippen molar-refractivity contribution in [1.29, 1.82) is 0 Å². The number of hydrogen-bond donors (Lipinski definition) is 1. The van der Waals surface area contributed by atoms with E-state index in [0.29, 0.717) is 24.1 Å². The smallest absolute Gasteiger partial charge is 0.225 e. The molecule has 4 nitrogen and oxygen atoms in total. The second kappa shape index (κ2) is 7.50. The molecule has 1 aromatic rings. The van der Waals surface area contributed by atoms with E-state index in [0.717, 1.165) is 31.7 Å². The molecule has 5 heteroatoms. The largest absolute Gasteiger partial charge is 0.493 e. The second-order valence-corrected chi connectivity index (χ2v) is 5.47. The monoisotopic (exact) mass is 296 g/mol. The highest BCUT2D eigenvalue weighted by molar-refractivity contribution is 6.30. The molecule has 1 N–H and O–H groups in total. The van der Waals surface area contributed by atoms with Crippen LogP contribution in [0.25, 0.3) is 0 Å². The quantitative estimate of drug-likeness (QED) is 0.907. The summed E-state index contributed by atoms with van der Waals surface area (Å²) in [6, 6.07) is 7.53. The van der Waals surface area contributed by atoms with E-state index in [9.17, 15) is 4.79 Å². The van der Waals surface area contributed by atoms with Crippen LogP contribution in [0.15, 0.2) is 24.3 Å². The first kappa shape index (κ1) is 15.1. The fraction of sp³-hybridized carbons (Fsp3) is 0.533. The first-order chi connectivity index (χ1) is 9.66. The molecule has 0 bridgehead atoms. The minimum atomic E-state index is 0.144. The van der Waals surface area contributed by atoms with Crippen molar-refractivity contribution in [1.82, 2.24) is 10.2 Å². The molecule has 0 atom stereocenters. The maximum Gasteiger partial charge on any atom is 0.225 e. The van der Waals surface area contributed by atoms with Gasteiger partial charge in [-0.05, 0) is 50.2 Å². The van der Waals surface area contributed by atoms with Gasteiger partial charge in [0.25, 0.3) is 0 Å². The second-order valence-electron chi connectivity index (χ2n) is 5.04. The topological polar surface area (TPSA) is 41.6 Å². The molecule has 0 saturated carbocycles. The molecule has 1 aliphatic rings. The van der Waals surface area contributed by atoms with Gasteiger partial charge in [-0.25, -0.2) is 0 Å². The van der Waals surface area contributed by atoms with Gasteiger partial charge in [-0.15, -0.1) is 0 Å². The van der Waals surface area contributed by atoms with E-state index >= 15 is 0 Å². The first-order valence-corrected chi connectivity index (χ1v) is 7.39. The van der Waals surface area contributed by atoms with Crippen molar-refractivity contribution in [2.75, 3.05) is 26.7 Å².